The molecule has 0 amide bonds. The highest BCUT2D eigenvalue weighted by Crippen LogP contribution is 2.40. The Kier molecular flexibility index (Phi) is 3.84. The van der Waals surface area contributed by atoms with E-state index in [1.807, 2.05) is 19.3 Å². The quantitative estimate of drug-likeness (QED) is 0.853. The van der Waals surface area contributed by atoms with Gasteiger partial charge in [-0.1, -0.05) is 10.4 Å². The second-order valence-electron chi connectivity index (χ2n) is 6.97. The molecule has 4 rings (SSSR count). The molecule has 1 aliphatic heterocycles. The Morgan fingerprint density at radius 1 is 1.42 bits per heavy atom. The Hall–Kier alpha value is -2.22. The van der Waals surface area contributed by atoms with Crippen molar-refractivity contribution in [2.75, 3.05) is 13.1 Å². The van der Waals surface area contributed by atoms with E-state index in [1.54, 1.807) is 4.68 Å². The van der Waals surface area contributed by atoms with E-state index < -0.39 is 5.97 Å². The molecule has 1 saturated heterocycles. The smallest absolute Gasteiger partial charge is 0.303 e. The van der Waals surface area contributed by atoms with Crippen molar-refractivity contribution in [2.45, 2.75) is 37.6 Å². The number of hydrogen-bond acceptors (Lipinski definition) is 6. The first-order valence-electron chi connectivity index (χ1n) is 8.34. The minimum atomic E-state index is -0.770. The molecule has 1 N–H and O–H groups in total. The van der Waals surface area contributed by atoms with Gasteiger partial charge in [-0.05, 0) is 18.8 Å². The highest BCUT2D eigenvalue weighted by atomic mass is 16.5. The van der Waals surface area contributed by atoms with Crippen molar-refractivity contribution in [2.24, 2.45) is 13.0 Å². The van der Waals surface area contributed by atoms with Crippen LogP contribution in [-0.2, 0) is 18.4 Å². The molecule has 2 aromatic heterocycles. The van der Waals surface area contributed by atoms with Gasteiger partial charge in [0.2, 0.25) is 0 Å². The van der Waals surface area contributed by atoms with Crippen molar-refractivity contribution >= 4 is 5.97 Å². The SMILES string of the molecule is Cn1cc([C@@H]2CN(Cc3cc(C4CC4)on3)C[C@@H]2CC(=O)O)nn1. The van der Waals surface area contributed by atoms with Crippen molar-refractivity contribution in [3.63, 3.8) is 0 Å². The second-order valence-corrected chi connectivity index (χ2v) is 6.97. The fourth-order valence-electron chi connectivity index (χ4n) is 3.58. The molecular formula is C16H21N5O3. The summed E-state index contributed by atoms with van der Waals surface area (Å²) in [5.74, 6) is 0.889. The Balaban J connectivity index is 1.46. The zero-order valence-corrected chi connectivity index (χ0v) is 13.6. The number of carboxylic acid groups (broad SMARTS) is 1. The Labute approximate surface area is 139 Å². The average molecular weight is 331 g/mol. The molecule has 0 unspecified atom stereocenters. The van der Waals surface area contributed by atoms with E-state index >= 15 is 0 Å². The van der Waals surface area contributed by atoms with Gasteiger partial charge in [-0.3, -0.25) is 14.4 Å². The molecule has 2 aliphatic rings. The molecule has 0 radical (unpaired) electrons. The van der Waals surface area contributed by atoms with E-state index in [9.17, 15) is 9.90 Å². The van der Waals surface area contributed by atoms with E-state index in [1.165, 1.54) is 12.8 Å². The molecule has 1 aliphatic carbocycles. The summed E-state index contributed by atoms with van der Waals surface area (Å²) in [6.45, 7) is 2.17. The largest absolute Gasteiger partial charge is 0.481 e. The average Bonchev–Trinajstić information content (AvgIpc) is 2.92. The molecule has 1 saturated carbocycles. The van der Waals surface area contributed by atoms with E-state index in [2.05, 4.69) is 20.4 Å². The molecule has 0 aromatic carbocycles. The van der Waals surface area contributed by atoms with Crippen LogP contribution in [0.4, 0.5) is 0 Å². The van der Waals surface area contributed by atoms with Crippen molar-refractivity contribution in [3.8, 4) is 0 Å². The molecule has 8 heteroatoms. The van der Waals surface area contributed by atoms with Crippen LogP contribution in [0.1, 0.15) is 48.2 Å². The standard InChI is InChI=1S/C16H21N5O3/c1-20-9-14(17-19-20)13-8-21(6-11(13)4-16(22)23)7-12-5-15(24-18-12)10-2-3-10/h5,9-11,13H,2-4,6-8H2,1H3,(H,22,23)/t11-,13+/m0/s1. The predicted molar refractivity (Wildman–Crippen MR) is 83.2 cm³/mol. The number of carboxylic acids is 1. The number of aromatic nitrogens is 4. The summed E-state index contributed by atoms with van der Waals surface area (Å²) in [5.41, 5.74) is 1.79. The number of likely N-dealkylation sites (tertiary alicyclic amines) is 1. The van der Waals surface area contributed by atoms with Crippen molar-refractivity contribution in [3.05, 3.63) is 29.4 Å². The first kappa shape index (κ1) is 15.3. The lowest BCUT2D eigenvalue weighted by Crippen LogP contribution is -2.21. The van der Waals surface area contributed by atoms with Gasteiger partial charge in [0.1, 0.15) is 5.76 Å². The third-order valence-electron chi connectivity index (χ3n) is 4.90. The minimum Gasteiger partial charge on any atom is -0.481 e. The van der Waals surface area contributed by atoms with Crippen LogP contribution < -0.4 is 0 Å². The third-order valence-corrected chi connectivity index (χ3v) is 4.90. The lowest BCUT2D eigenvalue weighted by atomic mass is 9.91. The Morgan fingerprint density at radius 2 is 2.25 bits per heavy atom. The van der Waals surface area contributed by atoms with Crippen LogP contribution in [0.5, 0.6) is 0 Å². The third kappa shape index (κ3) is 3.19. The normalized spacial score (nSPS) is 24.5. The molecule has 0 spiro atoms. The molecule has 0 bridgehead atoms. The molecule has 8 nitrogen and oxygen atoms in total. The van der Waals surface area contributed by atoms with Crippen molar-refractivity contribution in [1.29, 1.82) is 0 Å². The van der Waals surface area contributed by atoms with Crippen LogP contribution >= 0.6 is 0 Å². The van der Waals surface area contributed by atoms with Gasteiger partial charge >= 0.3 is 5.97 Å². The fourth-order valence-corrected chi connectivity index (χ4v) is 3.58. The zero-order valence-electron chi connectivity index (χ0n) is 13.6. The minimum absolute atomic E-state index is 0.0361. The lowest BCUT2D eigenvalue weighted by Gasteiger charge is -2.13. The van der Waals surface area contributed by atoms with Gasteiger partial charge in [0.25, 0.3) is 0 Å². The molecule has 2 fully saturated rings. The summed E-state index contributed by atoms with van der Waals surface area (Å²) in [7, 11) is 1.82. The zero-order chi connectivity index (χ0) is 16.7. The second kappa shape index (κ2) is 6.01. The van der Waals surface area contributed by atoms with Crippen LogP contribution in [-0.4, -0.2) is 49.2 Å². The van der Waals surface area contributed by atoms with Gasteiger partial charge in [0, 0.05) is 50.8 Å². The van der Waals surface area contributed by atoms with Crippen molar-refractivity contribution < 1.29 is 14.4 Å². The monoisotopic (exact) mass is 331 g/mol. The van der Waals surface area contributed by atoms with E-state index in [4.69, 9.17) is 4.52 Å². The van der Waals surface area contributed by atoms with E-state index in [0.717, 1.165) is 30.2 Å². The number of hydrogen-bond donors (Lipinski definition) is 1. The first-order chi connectivity index (χ1) is 11.6. The maximum absolute atomic E-state index is 11.2. The molecule has 2 aromatic rings. The van der Waals surface area contributed by atoms with Crippen LogP contribution in [0.3, 0.4) is 0 Å². The van der Waals surface area contributed by atoms with Gasteiger partial charge in [-0.25, -0.2) is 0 Å². The van der Waals surface area contributed by atoms with E-state index in [0.29, 0.717) is 12.5 Å². The van der Waals surface area contributed by atoms with Gasteiger partial charge in [0.15, 0.2) is 0 Å². The summed E-state index contributed by atoms with van der Waals surface area (Å²) in [5, 5.41) is 21.5. The number of carbonyl (C=O) groups is 1. The first-order valence-corrected chi connectivity index (χ1v) is 8.34. The summed E-state index contributed by atoms with van der Waals surface area (Å²) in [4.78, 5) is 13.4. The van der Waals surface area contributed by atoms with Gasteiger partial charge in [-0.15, -0.1) is 5.10 Å². The van der Waals surface area contributed by atoms with Crippen LogP contribution in [0.2, 0.25) is 0 Å². The summed E-state index contributed by atoms with van der Waals surface area (Å²) in [6, 6.07) is 2.04. The molecule has 2 atom stereocenters. The number of aliphatic carboxylic acids is 1. The van der Waals surface area contributed by atoms with Gasteiger partial charge in [0.05, 0.1) is 17.8 Å². The van der Waals surface area contributed by atoms with Crippen LogP contribution in [0.15, 0.2) is 16.8 Å². The number of aryl methyl sites for hydroxylation is 1. The van der Waals surface area contributed by atoms with E-state index in [-0.39, 0.29) is 18.3 Å². The molecule has 3 heterocycles. The molecule has 128 valence electrons. The fraction of sp³-hybridized carbons (Fsp3) is 0.625. The van der Waals surface area contributed by atoms with Crippen molar-refractivity contribution in [1.82, 2.24) is 25.1 Å². The summed E-state index contributed by atoms with van der Waals surface area (Å²) in [6.07, 6.45) is 4.40. The summed E-state index contributed by atoms with van der Waals surface area (Å²) < 4.78 is 7.07. The topological polar surface area (TPSA) is 97.3 Å². The molecular weight excluding hydrogens is 310 g/mol. The highest BCUT2D eigenvalue weighted by Gasteiger charge is 2.37. The number of rotatable bonds is 6. The lowest BCUT2D eigenvalue weighted by molar-refractivity contribution is -0.138. The maximum Gasteiger partial charge on any atom is 0.303 e. The highest BCUT2D eigenvalue weighted by molar-refractivity contribution is 5.67. The van der Waals surface area contributed by atoms with Gasteiger partial charge < -0.3 is 9.63 Å². The maximum atomic E-state index is 11.2. The Bertz CT molecular complexity index is 736. The summed E-state index contributed by atoms with van der Waals surface area (Å²) >= 11 is 0. The van der Waals surface area contributed by atoms with Crippen LogP contribution in [0.25, 0.3) is 0 Å². The van der Waals surface area contributed by atoms with Crippen LogP contribution in [0, 0.1) is 5.92 Å². The molecule has 24 heavy (non-hydrogen) atoms. The van der Waals surface area contributed by atoms with Gasteiger partial charge in [-0.2, -0.15) is 0 Å². The predicted octanol–water partition coefficient (Wildman–Crippen LogP) is 1.37. The number of nitrogens with zero attached hydrogens (tertiary/aromatic N) is 5. The Morgan fingerprint density at radius 3 is 2.92 bits per heavy atom.